The predicted octanol–water partition coefficient (Wildman–Crippen LogP) is 2.92. The Labute approximate surface area is 155 Å². The number of nitrogens with zero attached hydrogens (tertiary/aromatic N) is 2. The lowest BCUT2D eigenvalue weighted by Gasteiger charge is -2.18. The van der Waals surface area contributed by atoms with Gasteiger partial charge in [0.15, 0.2) is 12.3 Å². The molecule has 138 valence electrons. The number of ether oxygens (including phenoxy) is 1. The molecule has 0 bridgehead atoms. The molecule has 1 aromatic carbocycles. The fourth-order valence-electron chi connectivity index (χ4n) is 2.40. The van der Waals surface area contributed by atoms with Crippen LogP contribution >= 0.6 is 11.3 Å². The van der Waals surface area contributed by atoms with Crippen LogP contribution in [0.5, 0.6) is 5.75 Å². The van der Waals surface area contributed by atoms with Crippen LogP contribution in [0.2, 0.25) is 0 Å². The molecular formula is C18H21N3O4S. The monoisotopic (exact) mass is 375 g/mol. The van der Waals surface area contributed by atoms with Crippen molar-refractivity contribution in [2.24, 2.45) is 5.92 Å². The van der Waals surface area contributed by atoms with E-state index >= 15 is 0 Å². The van der Waals surface area contributed by atoms with Gasteiger partial charge in [-0.2, -0.15) is 0 Å². The molecule has 0 fully saturated rings. The van der Waals surface area contributed by atoms with Gasteiger partial charge in [-0.25, -0.2) is 9.97 Å². The van der Waals surface area contributed by atoms with Crippen LogP contribution in [0.1, 0.15) is 35.2 Å². The van der Waals surface area contributed by atoms with E-state index in [2.05, 4.69) is 15.3 Å². The molecule has 7 nitrogen and oxygen atoms in total. The molecule has 0 aliphatic heterocycles. The summed E-state index contributed by atoms with van der Waals surface area (Å²) in [6.45, 7) is 5.78. The van der Waals surface area contributed by atoms with Crippen molar-refractivity contribution >= 4 is 27.5 Å². The van der Waals surface area contributed by atoms with Crippen LogP contribution in [0.25, 0.3) is 10.2 Å². The third kappa shape index (κ3) is 4.20. The molecule has 0 saturated carbocycles. The SMILES string of the molecule is Cc1nc2cc(OCc3nc(C(=O)NC(CO)C(C)C)co3)ccc2s1. The van der Waals surface area contributed by atoms with Crippen molar-refractivity contribution < 1.29 is 19.1 Å². The lowest BCUT2D eigenvalue weighted by Crippen LogP contribution is -2.41. The number of aromatic nitrogens is 2. The maximum Gasteiger partial charge on any atom is 0.273 e. The Morgan fingerprint density at radius 2 is 2.19 bits per heavy atom. The number of fused-ring (bicyclic) bond motifs is 1. The fourth-order valence-corrected chi connectivity index (χ4v) is 3.21. The number of amides is 1. The van der Waals surface area contributed by atoms with Gasteiger partial charge in [0.25, 0.3) is 5.91 Å². The lowest BCUT2D eigenvalue weighted by molar-refractivity contribution is 0.0891. The zero-order chi connectivity index (χ0) is 18.7. The summed E-state index contributed by atoms with van der Waals surface area (Å²) < 4.78 is 12.1. The molecule has 2 N–H and O–H groups in total. The Hall–Kier alpha value is -2.45. The zero-order valence-corrected chi connectivity index (χ0v) is 15.7. The number of hydrogen-bond donors (Lipinski definition) is 2. The van der Waals surface area contributed by atoms with E-state index in [4.69, 9.17) is 9.15 Å². The zero-order valence-electron chi connectivity index (χ0n) is 14.9. The highest BCUT2D eigenvalue weighted by atomic mass is 32.1. The van der Waals surface area contributed by atoms with Crippen LogP contribution in [0.3, 0.4) is 0 Å². The fraction of sp³-hybridized carbons (Fsp3) is 0.389. The standard InChI is InChI=1S/C18H21N3O4S/c1-10(2)14(7-22)21-18(23)15-8-25-17(20-15)9-24-12-4-5-16-13(6-12)19-11(3)26-16/h4-6,8,10,14,22H,7,9H2,1-3H3,(H,21,23). The third-order valence-electron chi connectivity index (χ3n) is 3.93. The van der Waals surface area contributed by atoms with E-state index < -0.39 is 0 Å². The highest BCUT2D eigenvalue weighted by Gasteiger charge is 2.19. The van der Waals surface area contributed by atoms with Gasteiger partial charge in [0.05, 0.1) is 27.9 Å². The minimum Gasteiger partial charge on any atom is -0.484 e. The molecule has 0 saturated heterocycles. The number of hydrogen-bond acceptors (Lipinski definition) is 7. The predicted molar refractivity (Wildman–Crippen MR) is 98.4 cm³/mol. The van der Waals surface area contributed by atoms with Crippen LogP contribution in [-0.4, -0.2) is 33.6 Å². The number of carbonyl (C=O) groups excluding carboxylic acids is 1. The Morgan fingerprint density at radius 3 is 2.92 bits per heavy atom. The first-order chi connectivity index (χ1) is 12.5. The molecule has 1 amide bonds. The van der Waals surface area contributed by atoms with E-state index in [0.29, 0.717) is 11.6 Å². The second-order valence-electron chi connectivity index (χ2n) is 6.28. The van der Waals surface area contributed by atoms with Gasteiger partial charge >= 0.3 is 0 Å². The van der Waals surface area contributed by atoms with E-state index in [1.807, 2.05) is 39.0 Å². The smallest absolute Gasteiger partial charge is 0.273 e. The van der Waals surface area contributed by atoms with Crippen LogP contribution < -0.4 is 10.1 Å². The van der Waals surface area contributed by atoms with Crippen molar-refractivity contribution in [3.05, 3.63) is 41.1 Å². The topological polar surface area (TPSA) is 97.5 Å². The van der Waals surface area contributed by atoms with Gasteiger partial charge in [0.2, 0.25) is 5.89 Å². The van der Waals surface area contributed by atoms with E-state index in [9.17, 15) is 9.90 Å². The highest BCUT2D eigenvalue weighted by Crippen LogP contribution is 2.25. The molecule has 1 unspecified atom stereocenters. The number of oxazole rings is 1. The van der Waals surface area contributed by atoms with Crippen LogP contribution in [-0.2, 0) is 6.61 Å². The van der Waals surface area contributed by atoms with Gasteiger partial charge in [-0.3, -0.25) is 4.79 Å². The molecule has 0 radical (unpaired) electrons. The van der Waals surface area contributed by atoms with Gasteiger partial charge in [-0.05, 0) is 25.0 Å². The summed E-state index contributed by atoms with van der Waals surface area (Å²) in [4.78, 5) is 20.7. The molecule has 8 heteroatoms. The summed E-state index contributed by atoms with van der Waals surface area (Å²) in [6, 6.07) is 5.37. The van der Waals surface area contributed by atoms with Crippen molar-refractivity contribution in [1.29, 1.82) is 0 Å². The molecule has 0 aliphatic rings. The molecular weight excluding hydrogens is 354 g/mol. The number of benzene rings is 1. The molecule has 26 heavy (non-hydrogen) atoms. The number of thiazole rings is 1. The Bertz CT molecular complexity index is 903. The van der Waals surface area contributed by atoms with Crippen LogP contribution in [0, 0.1) is 12.8 Å². The first kappa shape index (κ1) is 18.3. The summed E-state index contributed by atoms with van der Waals surface area (Å²) in [6.07, 6.45) is 1.29. The number of rotatable bonds is 7. The van der Waals surface area contributed by atoms with Gasteiger partial charge < -0.3 is 19.6 Å². The number of aliphatic hydroxyl groups excluding tert-OH is 1. The van der Waals surface area contributed by atoms with Crippen LogP contribution in [0.15, 0.2) is 28.9 Å². The van der Waals surface area contributed by atoms with Crippen LogP contribution in [0.4, 0.5) is 0 Å². The summed E-state index contributed by atoms with van der Waals surface area (Å²) in [7, 11) is 0. The molecule has 2 heterocycles. The van der Waals surface area contributed by atoms with E-state index in [-0.39, 0.29) is 36.8 Å². The number of aliphatic hydroxyl groups is 1. The molecule has 3 aromatic rings. The summed E-state index contributed by atoms with van der Waals surface area (Å²) in [5.74, 6) is 0.692. The second kappa shape index (κ2) is 7.84. The Morgan fingerprint density at radius 1 is 1.38 bits per heavy atom. The quantitative estimate of drug-likeness (QED) is 0.659. The van der Waals surface area contributed by atoms with Crippen molar-refractivity contribution in [1.82, 2.24) is 15.3 Å². The van der Waals surface area contributed by atoms with E-state index in [1.54, 1.807) is 11.3 Å². The second-order valence-corrected chi connectivity index (χ2v) is 7.52. The van der Waals surface area contributed by atoms with Gasteiger partial charge in [-0.15, -0.1) is 11.3 Å². The van der Waals surface area contributed by atoms with Crippen molar-refractivity contribution in [2.75, 3.05) is 6.61 Å². The molecule has 3 rings (SSSR count). The Kier molecular flexibility index (Phi) is 5.53. The van der Waals surface area contributed by atoms with Gasteiger partial charge in [0.1, 0.15) is 12.0 Å². The van der Waals surface area contributed by atoms with Crippen molar-refractivity contribution in [3.63, 3.8) is 0 Å². The number of nitrogens with one attached hydrogen (secondary N) is 1. The number of aryl methyl sites for hydroxylation is 1. The van der Waals surface area contributed by atoms with E-state index in [1.165, 1.54) is 6.26 Å². The molecule has 2 aromatic heterocycles. The van der Waals surface area contributed by atoms with Crippen molar-refractivity contribution in [3.8, 4) is 5.75 Å². The Balaban J connectivity index is 1.61. The largest absolute Gasteiger partial charge is 0.484 e. The molecule has 0 spiro atoms. The average molecular weight is 375 g/mol. The summed E-state index contributed by atoms with van der Waals surface area (Å²) in [5, 5.41) is 13.0. The van der Waals surface area contributed by atoms with E-state index in [0.717, 1.165) is 15.2 Å². The van der Waals surface area contributed by atoms with Crippen molar-refractivity contribution in [2.45, 2.75) is 33.4 Å². The first-order valence-electron chi connectivity index (χ1n) is 8.32. The molecule has 1 atom stereocenters. The highest BCUT2D eigenvalue weighted by molar-refractivity contribution is 7.18. The summed E-state index contributed by atoms with van der Waals surface area (Å²) >= 11 is 1.63. The average Bonchev–Trinajstić information content (AvgIpc) is 3.22. The lowest BCUT2D eigenvalue weighted by atomic mass is 10.1. The minimum absolute atomic E-state index is 0.107. The molecule has 0 aliphatic carbocycles. The minimum atomic E-state index is -0.382. The normalized spacial score (nSPS) is 12.5. The number of carbonyl (C=O) groups is 1. The third-order valence-corrected chi connectivity index (χ3v) is 4.88. The summed E-state index contributed by atoms with van der Waals surface area (Å²) in [5.41, 5.74) is 1.05. The van der Waals surface area contributed by atoms with Gasteiger partial charge in [0, 0.05) is 6.07 Å². The maximum atomic E-state index is 12.2. The maximum absolute atomic E-state index is 12.2. The first-order valence-corrected chi connectivity index (χ1v) is 9.14. The van der Waals surface area contributed by atoms with Gasteiger partial charge in [-0.1, -0.05) is 13.8 Å².